The Bertz CT molecular complexity index is 1020. The van der Waals surface area contributed by atoms with Crippen molar-refractivity contribution in [2.24, 2.45) is 10.2 Å². The van der Waals surface area contributed by atoms with Gasteiger partial charge in [0.1, 0.15) is 11.8 Å². The van der Waals surface area contributed by atoms with Gasteiger partial charge in [-0.1, -0.05) is 32.6 Å². The van der Waals surface area contributed by atoms with Crippen molar-refractivity contribution in [1.82, 2.24) is 0 Å². The van der Waals surface area contributed by atoms with Crippen LogP contribution in [0, 0.1) is 21.4 Å². The van der Waals surface area contributed by atoms with E-state index in [2.05, 4.69) is 48.0 Å². The van der Waals surface area contributed by atoms with E-state index in [1.165, 1.54) is 61.6 Å². The van der Waals surface area contributed by atoms with Crippen LogP contribution >= 0.6 is 0 Å². The third-order valence-electron chi connectivity index (χ3n) is 5.78. The van der Waals surface area contributed by atoms with E-state index in [9.17, 15) is 15.4 Å². The van der Waals surface area contributed by atoms with E-state index in [-0.39, 0.29) is 16.8 Å². The van der Waals surface area contributed by atoms with Gasteiger partial charge in [0, 0.05) is 29.9 Å². The second kappa shape index (κ2) is 9.69. The Hall–Kier alpha value is -3.27. The van der Waals surface area contributed by atoms with Gasteiger partial charge in [-0.25, -0.2) is 0 Å². The summed E-state index contributed by atoms with van der Waals surface area (Å²) in [6.45, 7) is 7.84. The molecule has 0 N–H and O–H groups in total. The molecule has 0 radical (unpaired) electrons. The largest absolute Gasteiger partial charge is 0.366 e. The zero-order chi connectivity index (χ0) is 22.4. The lowest BCUT2D eigenvalue weighted by Crippen LogP contribution is -2.41. The van der Waals surface area contributed by atoms with Gasteiger partial charge in [-0.15, -0.1) is 5.11 Å². The van der Waals surface area contributed by atoms with Crippen LogP contribution < -0.4 is 4.90 Å². The van der Waals surface area contributed by atoms with Crippen molar-refractivity contribution in [3.8, 4) is 6.07 Å². The van der Waals surface area contributed by atoms with Crippen LogP contribution in [0.15, 0.2) is 46.6 Å². The Kier molecular flexibility index (Phi) is 7.01. The maximum Gasteiger partial charge on any atom is 0.270 e. The van der Waals surface area contributed by atoms with Gasteiger partial charge in [-0.3, -0.25) is 10.1 Å². The number of azo groups is 1. The van der Waals surface area contributed by atoms with Crippen molar-refractivity contribution < 1.29 is 4.92 Å². The minimum absolute atomic E-state index is 0.0647. The number of nitriles is 1. The molecule has 2 aromatic rings. The molecular weight excluding hydrogens is 390 g/mol. The number of anilines is 1. The molecule has 0 saturated carbocycles. The van der Waals surface area contributed by atoms with Crippen LogP contribution in [0.4, 0.5) is 22.7 Å². The summed E-state index contributed by atoms with van der Waals surface area (Å²) in [7, 11) is 0. The SMILES string of the molecule is CCCCCCCN1c2ccc(N=Nc3ccc([N+](=O)[O-])cc3C#N)cc2CC1(C)C. The van der Waals surface area contributed by atoms with Gasteiger partial charge in [0.05, 0.1) is 16.2 Å². The number of rotatable bonds is 9. The predicted octanol–water partition coefficient (Wildman–Crippen LogP) is 6.99. The highest BCUT2D eigenvalue weighted by Gasteiger charge is 2.35. The van der Waals surface area contributed by atoms with E-state index in [0.29, 0.717) is 11.4 Å². The number of hydrogen-bond donors (Lipinski definition) is 0. The molecule has 0 aromatic heterocycles. The summed E-state index contributed by atoms with van der Waals surface area (Å²) in [5.41, 5.74) is 3.60. The van der Waals surface area contributed by atoms with Crippen molar-refractivity contribution in [3.05, 3.63) is 57.6 Å². The van der Waals surface area contributed by atoms with Crippen molar-refractivity contribution in [1.29, 1.82) is 5.26 Å². The molecule has 1 aliphatic heterocycles. The number of benzene rings is 2. The second-order valence-corrected chi connectivity index (χ2v) is 8.64. The average Bonchev–Trinajstić information content (AvgIpc) is 3.00. The lowest BCUT2D eigenvalue weighted by Gasteiger charge is -2.34. The fourth-order valence-electron chi connectivity index (χ4n) is 4.15. The van der Waals surface area contributed by atoms with Crippen LogP contribution in [0.25, 0.3) is 0 Å². The quantitative estimate of drug-likeness (QED) is 0.189. The van der Waals surface area contributed by atoms with Gasteiger partial charge in [-0.2, -0.15) is 10.4 Å². The number of nitro benzene ring substituents is 1. The number of unbranched alkanes of at least 4 members (excludes halogenated alkanes) is 4. The van der Waals surface area contributed by atoms with Crippen LogP contribution in [-0.2, 0) is 6.42 Å². The molecule has 0 unspecified atom stereocenters. The van der Waals surface area contributed by atoms with Crippen LogP contribution in [0.5, 0.6) is 0 Å². The molecule has 2 aromatic carbocycles. The fourth-order valence-corrected chi connectivity index (χ4v) is 4.15. The Morgan fingerprint density at radius 2 is 1.90 bits per heavy atom. The summed E-state index contributed by atoms with van der Waals surface area (Å²) < 4.78 is 0. The lowest BCUT2D eigenvalue weighted by atomic mass is 9.99. The van der Waals surface area contributed by atoms with E-state index in [0.717, 1.165) is 13.0 Å². The Balaban J connectivity index is 1.75. The van der Waals surface area contributed by atoms with Gasteiger partial charge in [0.15, 0.2) is 0 Å². The summed E-state index contributed by atoms with van der Waals surface area (Å²) in [6, 6.07) is 12.0. The standard InChI is InChI=1S/C24H29N5O2/c1-4-5-6-7-8-13-28-23-12-9-20(14-18(23)16-24(28,2)3)26-27-22-11-10-21(29(30)31)15-19(22)17-25/h9-12,14-15H,4-8,13,16H2,1-3H3. The summed E-state index contributed by atoms with van der Waals surface area (Å²) >= 11 is 0. The fraction of sp³-hybridized carbons (Fsp3) is 0.458. The summed E-state index contributed by atoms with van der Waals surface area (Å²) in [6.07, 6.45) is 7.26. The Morgan fingerprint density at radius 1 is 1.13 bits per heavy atom. The Labute approximate surface area is 183 Å². The molecule has 0 aliphatic carbocycles. The number of nitrogens with zero attached hydrogens (tertiary/aromatic N) is 5. The molecule has 3 rings (SSSR count). The normalized spacial score (nSPS) is 14.6. The summed E-state index contributed by atoms with van der Waals surface area (Å²) in [4.78, 5) is 12.9. The summed E-state index contributed by atoms with van der Waals surface area (Å²) in [5, 5.41) is 28.6. The zero-order valence-electron chi connectivity index (χ0n) is 18.5. The molecule has 0 spiro atoms. The number of nitro groups is 1. The number of non-ortho nitro benzene ring substituents is 1. The van der Waals surface area contributed by atoms with Crippen LogP contribution in [-0.4, -0.2) is 17.0 Å². The molecule has 162 valence electrons. The highest BCUT2D eigenvalue weighted by atomic mass is 16.6. The molecule has 0 fully saturated rings. The van der Waals surface area contributed by atoms with Crippen LogP contribution in [0.2, 0.25) is 0 Å². The van der Waals surface area contributed by atoms with Gasteiger partial charge in [-0.05, 0) is 56.5 Å². The molecule has 0 bridgehead atoms. The zero-order valence-corrected chi connectivity index (χ0v) is 18.5. The molecule has 0 atom stereocenters. The molecule has 0 saturated heterocycles. The minimum Gasteiger partial charge on any atom is -0.366 e. The highest BCUT2D eigenvalue weighted by molar-refractivity contribution is 5.65. The van der Waals surface area contributed by atoms with Gasteiger partial charge >= 0.3 is 0 Å². The lowest BCUT2D eigenvalue weighted by molar-refractivity contribution is -0.384. The molecule has 1 heterocycles. The average molecular weight is 420 g/mol. The first-order valence-corrected chi connectivity index (χ1v) is 10.9. The maximum atomic E-state index is 10.9. The van der Waals surface area contributed by atoms with Gasteiger partial charge in [0.2, 0.25) is 0 Å². The van der Waals surface area contributed by atoms with Crippen LogP contribution in [0.1, 0.15) is 64.0 Å². The van der Waals surface area contributed by atoms with Gasteiger partial charge < -0.3 is 4.90 Å². The first kappa shape index (κ1) is 22.4. The second-order valence-electron chi connectivity index (χ2n) is 8.64. The third kappa shape index (κ3) is 5.26. The molecule has 1 aliphatic rings. The predicted molar refractivity (Wildman–Crippen MR) is 122 cm³/mol. The molecular formula is C24H29N5O2. The van der Waals surface area contributed by atoms with E-state index < -0.39 is 4.92 Å². The van der Waals surface area contributed by atoms with E-state index >= 15 is 0 Å². The summed E-state index contributed by atoms with van der Waals surface area (Å²) in [5.74, 6) is 0. The Morgan fingerprint density at radius 3 is 2.61 bits per heavy atom. The van der Waals surface area contributed by atoms with Crippen molar-refractivity contribution in [2.45, 2.75) is 64.8 Å². The van der Waals surface area contributed by atoms with E-state index in [1.807, 2.05) is 12.1 Å². The highest BCUT2D eigenvalue weighted by Crippen LogP contribution is 2.40. The first-order valence-electron chi connectivity index (χ1n) is 10.9. The molecule has 7 nitrogen and oxygen atoms in total. The number of hydrogen-bond acceptors (Lipinski definition) is 6. The van der Waals surface area contributed by atoms with E-state index in [1.54, 1.807) is 0 Å². The topological polar surface area (TPSA) is 94.9 Å². The third-order valence-corrected chi connectivity index (χ3v) is 5.78. The minimum atomic E-state index is -0.528. The molecule has 31 heavy (non-hydrogen) atoms. The van der Waals surface area contributed by atoms with Crippen molar-refractivity contribution in [2.75, 3.05) is 11.4 Å². The van der Waals surface area contributed by atoms with Gasteiger partial charge in [0.25, 0.3) is 5.69 Å². The van der Waals surface area contributed by atoms with Crippen molar-refractivity contribution >= 4 is 22.7 Å². The molecule has 7 heteroatoms. The first-order chi connectivity index (χ1) is 14.9. The monoisotopic (exact) mass is 419 g/mol. The maximum absolute atomic E-state index is 10.9. The number of fused-ring (bicyclic) bond motifs is 1. The van der Waals surface area contributed by atoms with Crippen LogP contribution in [0.3, 0.4) is 0 Å². The molecule has 0 amide bonds. The van der Waals surface area contributed by atoms with Crippen molar-refractivity contribution in [3.63, 3.8) is 0 Å². The smallest absolute Gasteiger partial charge is 0.270 e. The van der Waals surface area contributed by atoms with E-state index in [4.69, 9.17) is 0 Å².